The van der Waals surface area contributed by atoms with Gasteiger partial charge in [0.05, 0.1) is 0 Å². The zero-order valence-corrected chi connectivity index (χ0v) is 9.47. The Morgan fingerprint density at radius 1 is 0.444 bits per heavy atom. The predicted octanol–water partition coefficient (Wildman–Crippen LogP) is -3.65. The van der Waals surface area contributed by atoms with Crippen LogP contribution in [-0.2, 0) is 26.2 Å². The quantitative estimate of drug-likeness (QED) is 0.413. The fourth-order valence-electron chi connectivity index (χ4n) is 1.06. The van der Waals surface area contributed by atoms with Crippen LogP contribution >= 0.6 is 0 Å². The first-order valence-corrected chi connectivity index (χ1v) is 3.00. The summed E-state index contributed by atoms with van der Waals surface area (Å²) in [6.45, 7) is 0. The van der Waals surface area contributed by atoms with E-state index in [0.717, 1.165) is 0 Å². The third-order valence-corrected chi connectivity index (χ3v) is 1.50. The molecule has 1 aliphatic carbocycles. The molecule has 0 aromatic carbocycles. The summed E-state index contributed by atoms with van der Waals surface area (Å²) in [5, 5.41) is 0. The Labute approximate surface area is 89.1 Å². The maximum Gasteiger partial charge on any atom is 2.00 e. The molecule has 0 nitrogen and oxygen atoms in total. The third-order valence-electron chi connectivity index (χ3n) is 1.50. The van der Waals surface area contributed by atoms with E-state index in [-0.39, 0.29) is 51.0 Å². The molecule has 1 rings (SSSR count). The van der Waals surface area contributed by atoms with E-state index in [1.165, 1.54) is 38.5 Å². The zero-order valence-electron chi connectivity index (χ0n) is 5.50. The maximum atomic E-state index is 1.50. The zero-order chi connectivity index (χ0) is 4.24. The second-order valence-electron chi connectivity index (χ2n) is 2.12. The summed E-state index contributed by atoms with van der Waals surface area (Å²) in [4.78, 5) is 0. The first-order chi connectivity index (χ1) is 3.00. The molecule has 0 aliphatic heterocycles. The van der Waals surface area contributed by atoms with Gasteiger partial charge >= 0.3 is 26.2 Å². The Kier molecular flexibility index (Phi) is 22.7. The van der Waals surface area contributed by atoms with Crippen molar-refractivity contribution in [3.05, 3.63) is 0 Å². The van der Waals surface area contributed by atoms with Gasteiger partial charge in [0.15, 0.2) is 0 Å². The Bertz CT molecular complexity index is 26.5. The van der Waals surface area contributed by atoms with E-state index >= 15 is 0 Å². The van der Waals surface area contributed by atoms with Gasteiger partial charge in [0.1, 0.15) is 0 Å². The van der Waals surface area contributed by atoms with Crippen molar-refractivity contribution in [2.24, 2.45) is 0 Å². The minimum absolute atomic E-state index is 0. The molecule has 1 fully saturated rings. The number of rotatable bonds is 0. The van der Waals surface area contributed by atoms with Gasteiger partial charge in [-0.25, -0.2) is 0 Å². The standard InChI is InChI=1S/C6H12.2ClH.Zr/c1-2-4-6-5-3-1;;;/h1-6H2;2*1H;/q;;;+2/p-2. The molecule has 3 heteroatoms. The van der Waals surface area contributed by atoms with Crippen LogP contribution in [0.4, 0.5) is 0 Å². The molecule has 0 saturated heterocycles. The average molecular weight is 246 g/mol. The molecule has 0 atom stereocenters. The number of hydrogen-bond acceptors (Lipinski definition) is 0. The van der Waals surface area contributed by atoms with Crippen LogP contribution in [0.3, 0.4) is 0 Å². The molecule has 0 amide bonds. The van der Waals surface area contributed by atoms with Crippen LogP contribution in [0.1, 0.15) is 38.5 Å². The largest absolute Gasteiger partial charge is 2.00 e. The van der Waals surface area contributed by atoms with Gasteiger partial charge in [-0.05, 0) is 0 Å². The van der Waals surface area contributed by atoms with Crippen molar-refractivity contribution in [2.45, 2.75) is 38.5 Å². The molecule has 0 heterocycles. The summed E-state index contributed by atoms with van der Waals surface area (Å²) >= 11 is 0. The van der Waals surface area contributed by atoms with Gasteiger partial charge in [-0.15, -0.1) is 0 Å². The SMILES string of the molecule is C1CCCCC1.[Cl-].[Cl-].[Zr+2]. The van der Waals surface area contributed by atoms with Crippen LogP contribution in [0, 0.1) is 0 Å². The molecule has 1 aliphatic rings. The molecule has 0 unspecified atom stereocenters. The second-order valence-corrected chi connectivity index (χ2v) is 2.12. The third kappa shape index (κ3) is 9.46. The second kappa shape index (κ2) is 12.2. The van der Waals surface area contributed by atoms with Crippen molar-refractivity contribution in [2.75, 3.05) is 0 Å². The fraction of sp³-hybridized carbons (Fsp3) is 1.00. The van der Waals surface area contributed by atoms with Gasteiger partial charge in [0, 0.05) is 0 Å². The molecule has 0 aromatic heterocycles. The molecule has 9 heavy (non-hydrogen) atoms. The van der Waals surface area contributed by atoms with Gasteiger partial charge < -0.3 is 24.8 Å². The van der Waals surface area contributed by atoms with Crippen molar-refractivity contribution in [1.29, 1.82) is 0 Å². The molecule has 0 bridgehead atoms. The van der Waals surface area contributed by atoms with Crippen LogP contribution in [0.15, 0.2) is 0 Å². The van der Waals surface area contributed by atoms with E-state index in [1.54, 1.807) is 0 Å². The van der Waals surface area contributed by atoms with Gasteiger partial charge in [0.25, 0.3) is 0 Å². The molecule has 1 saturated carbocycles. The van der Waals surface area contributed by atoms with E-state index in [2.05, 4.69) is 0 Å². The average Bonchev–Trinajstić information content (AvgIpc) is 1.72. The normalized spacial score (nSPS) is 16.0. The summed E-state index contributed by atoms with van der Waals surface area (Å²) in [5.41, 5.74) is 0. The van der Waals surface area contributed by atoms with E-state index in [0.29, 0.717) is 0 Å². The van der Waals surface area contributed by atoms with Crippen LogP contribution < -0.4 is 24.8 Å². The number of halogens is 2. The van der Waals surface area contributed by atoms with Crippen LogP contribution in [0.25, 0.3) is 0 Å². The maximum absolute atomic E-state index is 1.50. The smallest absolute Gasteiger partial charge is 1.00 e. The van der Waals surface area contributed by atoms with E-state index in [9.17, 15) is 0 Å². The molecule has 0 aromatic rings. The molecule has 0 radical (unpaired) electrons. The summed E-state index contributed by atoms with van der Waals surface area (Å²) in [6, 6.07) is 0. The summed E-state index contributed by atoms with van der Waals surface area (Å²) < 4.78 is 0. The van der Waals surface area contributed by atoms with Gasteiger partial charge in [-0.3, -0.25) is 0 Å². The van der Waals surface area contributed by atoms with Crippen molar-refractivity contribution in [3.63, 3.8) is 0 Å². The van der Waals surface area contributed by atoms with Crippen molar-refractivity contribution < 1.29 is 51.0 Å². The molecule has 54 valence electrons. The molecule has 0 spiro atoms. The van der Waals surface area contributed by atoms with E-state index < -0.39 is 0 Å². The Hall–Kier alpha value is 1.46. The fourth-order valence-corrected chi connectivity index (χ4v) is 1.06. The minimum atomic E-state index is 0. The summed E-state index contributed by atoms with van der Waals surface area (Å²) in [7, 11) is 0. The van der Waals surface area contributed by atoms with Gasteiger partial charge in [-0.2, -0.15) is 0 Å². The van der Waals surface area contributed by atoms with E-state index in [4.69, 9.17) is 0 Å². The van der Waals surface area contributed by atoms with E-state index in [1.807, 2.05) is 0 Å². The predicted molar refractivity (Wildman–Crippen MR) is 27.7 cm³/mol. The van der Waals surface area contributed by atoms with Crippen molar-refractivity contribution in [1.82, 2.24) is 0 Å². The summed E-state index contributed by atoms with van der Waals surface area (Å²) in [5.74, 6) is 0. The van der Waals surface area contributed by atoms with Crippen molar-refractivity contribution >= 4 is 0 Å². The first-order valence-electron chi connectivity index (χ1n) is 3.00. The number of hydrogen-bond donors (Lipinski definition) is 0. The monoisotopic (exact) mass is 244 g/mol. The Morgan fingerprint density at radius 2 is 0.556 bits per heavy atom. The molecule has 0 N–H and O–H groups in total. The van der Waals surface area contributed by atoms with Gasteiger partial charge in [-0.1, -0.05) is 38.5 Å². The Balaban J connectivity index is -0.000000120. The molecular formula is C6H12Cl2Zr. The van der Waals surface area contributed by atoms with Crippen LogP contribution in [0.5, 0.6) is 0 Å². The van der Waals surface area contributed by atoms with Gasteiger partial charge in [0.2, 0.25) is 0 Å². The first kappa shape index (κ1) is 16.8. The van der Waals surface area contributed by atoms with Crippen molar-refractivity contribution in [3.8, 4) is 0 Å². The minimum Gasteiger partial charge on any atom is -1.00 e. The summed E-state index contributed by atoms with van der Waals surface area (Å²) in [6.07, 6.45) is 9.00. The van der Waals surface area contributed by atoms with Crippen LogP contribution in [-0.4, -0.2) is 0 Å². The van der Waals surface area contributed by atoms with Crippen LogP contribution in [0.2, 0.25) is 0 Å². The topological polar surface area (TPSA) is 0 Å². The molecular weight excluding hydrogens is 234 g/mol. The Morgan fingerprint density at radius 3 is 0.667 bits per heavy atom.